The second-order valence-electron chi connectivity index (χ2n) is 10.6. The van der Waals surface area contributed by atoms with Gasteiger partial charge in [-0.1, -0.05) is 0 Å². The van der Waals surface area contributed by atoms with Crippen molar-refractivity contribution >= 4 is 23.6 Å². The van der Waals surface area contributed by atoms with E-state index < -0.39 is 17.6 Å². The van der Waals surface area contributed by atoms with Gasteiger partial charge in [-0.15, -0.1) is 0 Å². The van der Waals surface area contributed by atoms with Gasteiger partial charge in [0.1, 0.15) is 11.3 Å². The van der Waals surface area contributed by atoms with E-state index in [1.165, 1.54) is 6.20 Å². The molecule has 0 fully saturated rings. The van der Waals surface area contributed by atoms with Crippen LogP contribution in [0.4, 0.5) is 16.4 Å². The summed E-state index contributed by atoms with van der Waals surface area (Å²) in [5.74, 6) is 1.32. The second-order valence-corrected chi connectivity index (χ2v) is 10.6. The van der Waals surface area contributed by atoms with Gasteiger partial charge >= 0.3 is 6.09 Å². The van der Waals surface area contributed by atoms with Gasteiger partial charge < -0.3 is 29.7 Å². The van der Waals surface area contributed by atoms with E-state index >= 15 is 0 Å². The highest BCUT2D eigenvalue weighted by molar-refractivity contribution is 6.04. The largest absolute Gasteiger partial charge is 0.493 e. The molecule has 0 aliphatic carbocycles. The Morgan fingerprint density at radius 2 is 1.71 bits per heavy atom. The van der Waals surface area contributed by atoms with Crippen molar-refractivity contribution in [1.82, 2.24) is 30.0 Å². The smallest absolute Gasteiger partial charge is 0.407 e. The molecule has 1 aliphatic rings. The van der Waals surface area contributed by atoms with Crippen LogP contribution in [0.3, 0.4) is 0 Å². The molecule has 218 valence electrons. The number of nitrogens with zero attached hydrogens (tertiary/aromatic N) is 6. The van der Waals surface area contributed by atoms with Crippen LogP contribution < -0.4 is 25.0 Å². The Morgan fingerprint density at radius 3 is 2.38 bits per heavy atom. The molecule has 0 bridgehead atoms. The maximum Gasteiger partial charge on any atom is 0.407 e. The number of amides is 2. The zero-order valence-corrected chi connectivity index (χ0v) is 24.0. The minimum Gasteiger partial charge on any atom is -0.493 e. The van der Waals surface area contributed by atoms with Crippen LogP contribution in [-0.4, -0.2) is 56.6 Å². The van der Waals surface area contributed by atoms with Gasteiger partial charge in [-0.25, -0.2) is 19.4 Å². The third-order valence-electron chi connectivity index (χ3n) is 6.35. The number of aromatic nitrogens is 5. The van der Waals surface area contributed by atoms with Crippen LogP contribution in [-0.2, 0) is 24.4 Å². The summed E-state index contributed by atoms with van der Waals surface area (Å²) in [6, 6.07) is 7.17. The third kappa shape index (κ3) is 6.40. The lowest BCUT2D eigenvalue weighted by Gasteiger charge is -2.19. The van der Waals surface area contributed by atoms with E-state index in [-0.39, 0.29) is 12.2 Å². The fraction of sp³-hybridized carbons (Fsp3) is 0.310. The van der Waals surface area contributed by atoms with Gasteiger partial charge in [-0.3, -0.25) is 9.78 Å². The van der Waals surface area contributed by atoms with Crippen molar-refractivity contribution in [3.8, 4) is 17.2 Å². The van der Waals surface area contributed by atoms with Crippen molar-refractivity contribution in [2.24, 2.45) is 0 Å². The van der Waals surface area contributed by atoms with Crippen molar-refractivity contribution in [2.45, 2.75) is 46.0 Å². The van der Waals surface area contributed by atoms with E-state index in [1.807, 2.05) is 17.0 Å². The predicted molar refractivity (Wildman–Crippen MR) is 154 cm³/mol. The number of carbonyl (C=O) groups excluding carboxylic acids is 2. The zero-order valence-electron chi connectivity index (χ0n) is 24.0. The molecule has 2 N–H and O–H groups in total. The van der Waals surface area contributed by atoms with E-state index in [9.17, 15) is 9.59 Å². The minimum absolute atomic E-state index is 0.198. The molecular formula is C29H32N8O5. The van der Waals surface area contributed by atoms with Crippen LogP contribution in [0.25, 0.3) is 5.69 Å². The summed E-state index contributed by atoms with van der Waals surface area (Å²) in [4.78, 5) is 40.3. The summed E-state index contributed by atoms with van der Waals surface area (Å²) in [7, 11) is 3.20. The molecule has 4 aromatic rings. The summed E-state index contributed by atoms with van der Waals surface area (Å²) in [5, 5.41) is 9.97. The summed E-state index contributed by atoms with van der Waals surface area (Å²) < 4.78 is 17.7. The number of rotatable bonds is 8. The molecule has 4 heterocycles. The number of carbonyl (C=O) groups is 2. The molecule has 0 saturated heterocycles. The molecule has 1 aromatic carbocycles. The summed E-state index contributed by atoms with van der Waals surface area (Å²) in [5.41, 5.74) is 3.53. The average molecular weight is 573 g/mol. The predicted octanol–water partition coefficient (Wildman–Crippen LogP) is 3.87. The summed E-state index contributed by atoms with van der Waals surface area (Å²) in [6.45, 7) is 6.76. The van der Waals surface area contributed by atoms with Crippen LogP contribution in [0.5, 0.6) is 11.5 Å². The second kappa shape index (κ2) is 11.7. The number of ether oxygens (including phenoxy) is 3. The SMILES string of the molecule is COc1cc2c(cc1OC)CN(c1nccc(C(=O)Nc3cnccc3-n3cc(CNC(=O)OC(C)(C)C)cn3)n1)C2. The van der Waals surface area contributed by atoms with Gasteiger partial charge in [0.2, 0.25) is 5.95 Å². The van der Waals surface area contributed by atoms with Crippen molar-refractivity contribution < 1.29 is 23.8 Å². The van der Waals surface area contributed by atoms with E-state index in [0.717, 1.165) is 16.7 Å². The average Bonchev–Trinajstić information content (AvgIpc) is 3.62. The number of hydrogen-bond donors (Lipinski definition) is 2. The number of pyridine rings is 1. The molecule has 3 aromatic heterocycles. The van der Waals surface area contributed by atoms with Crippen molar-refractivity contribution in [3.05, 3.63) is 77.6 Å². The van der Waals surface area contributed by atoms with E-state index in [0.29, 0.717) is 41.9 Å². The van der Waals surface area contributed by atoms with Crippen LogP contribution in [0.1, 0.15) is 48.0 Å². The monoisotopic (exact) mass is 572 g/mol. The number of hydrogen-bond acceptors (Lipinski definition) is 10. The normalized spacial score (nSPS) is 12.5. The number of nitrogens with one attached hydrogen (secondary N) is 2. The van der Waals surface area contributed by atoms with Gasteiger partial charge in [-0.2, -0.15) is 5.10 Å². The Kier molecular flexibility index (Phi) is 7.91. The lowest BCUT2D eigenvalue weighted by Crippen LogP contribution is -2.32. The Balaban J connectivity index is 1.28. The third-order valence-corrected chi connectivity index (χ3v) is 6.35. The first kappa shape index (κ1) is 28.3. The van der Waals surface area contributed by atoms with Crippen molar-refractivity contribution in [1.29, 1.82) is 0 Å². The molecule has 5 rings (SSSR count). The van der Waals surface area contributed by atoms with E-state index in [1.54, 1.807) is 76.6 Å². The topological polar surface area (TPSA) is 146 Å². The molecular weight excluding hydrogens is 540 g/mol. The van der Waals surface area contributed by atoms with Gasteiger partial charge in [0.25, 0.3) is 5.91 Å². The highest BCUT2D eigenvalue weighted by atomic mass is 16.6. The maximum atomic E-state index is 13.3. The van der Waals surface area contributed by atoms with Gasteiger partial charge in [-0.05, 0) is 56.2 Å². The number of alkyl carbamates (subject to hydrolysis) is 1. The lowest BCUT2D eigenvalue weighted by atomic mass is 10.1. The molecule has 0 saturated carbocycles. The maximum absolute atomic E-state index is 13.3. The molecule has 13 nitrogen and oxygen atoms in total. The lowest BCUT2D eigenvalue weighted by molar-refractivity contribution is 0.0523. The molecule has 0 atom stereocenters. The Bertz CT molecular complexity index is 1580. The quantitative estimate of drug-likeness (QED) is 0.319. The first-order valence-corrected chi connectivity index (χ1v) is 13.2. The number of benzene rings is 1. The van der Waals surface area contributed by atoms with E-state index in [2.05, 4.69) is 30.7 Å². The van der Waals surface area contributed by atoms with Gasteiger partial charge in [0.15, 0.2) is 11.5 Å². The molecule has 42 heavy (non-hydrogen) atoms. The fourth-order valence-electron chi connectivity index (χ4n) is 4.43. The van der Waals surface area contributed by atoms with Crippen LogP contribution in [0.15, 0.2) is 55.2 Å². The fourth-order valence-corrected chi connectivity index (χ4v) is 4.43. The first-order valence-electron chi connectivity index (χ1n) is 13.2. The molecule has 0 radical (unpaired) electrons. The molecule has 13 heteroatoms. The van der Waals surface area contributed by atoms with Crippen molar-refractivity contribution in [3.63, 3.8) is 0 Å². The molecule has 0 unspecified atom stereocenters. The standard InChI is InChI=1S/C29H32N8O5/c1-29(2,3)42-28(39)32-12-18-13-33-37(15-18)23-7-8-30-14-22(23)34-26(38)21-6-9-31-27(35-21)36-16-19-10-24(40-4)25(41-5)11-20(19)17-36/h6-11,13-15H,12,16-17H2,1-5H3,(H,32,39)(H,34,38). The first-order chi connectivity index (χ1) is 20.1. The Hall–Kier alpha value is -5.20. The van der Waals surface area contributed by atoms with Gasteiger partial charge in [0.05, 0.1) is 38.0 Å². The molecule has 2 amide bonds. The van der Waals surface area contributed by atoms with Crippen LogP contribution >= 0.6 is 0 Å². The molecule has 1 aliphatic heterocycles. The van der Waals surface area contributed by atoms with Crippen LogP contribution in [0, 0.1) is 0 Å². The van der Waals surface area contributed by atoms with Crippen molar-refractivity contribution in [2.75, 3.05) is 24.4 Å². The minimum atomic E-state index is -0.593. The zero-order chi connectivity index (χ0) is 29.9. The highest BCUT2D eigenvalue weighted by Gasteiger charge is 2.25. The number of methoxy groups -OCH3 is 2. The molecule has 0 spiro atoms. The number of anilines is 2. The highest BCUT2D eigenvalue weighted by Crippen LogP contribution is 2.36. The van der Waals surface area contributed by atoms with Crippen LogP contribution in [0.2, 0.25) is 0 Å². The summed E-state index contributed by atoms with van der Waals surface area (Å²) >= 11 is 0. The van der Waals surface area contributed by atoms with Gasteiger partial charge in [0, 0.05) is 43.8 Å². The van der Waals surface area contributed by atoms with E-state index in [4.69, 9.17) is 14.2 Å². The Morgan fingerprint density at radius 1 is 1.00 bits per heavy atom. The number of fused-ring (bicyclic) bond motifs is 1. The summed E-state index contributed by atoms with van der Waals surface area (Å²) in [6.07, 6.45) is 7.55. The Labute approximate surface area is 242 Å².